The van der Waals surface area contributed by atoms with Crippen molar-refractivity contribution in [1.29, 1.82) is 0 Å². The van der Waals surface area contributed by atoms with E-state index in [1.807, 2.05) is 0 Å². The molecule has 0 saturated heterocycles. The Morgan fingerprint density at radius 2 is 0.467 bits per heavy atom. The molecule has 0 N–H and O–H groups in total. The lowest BCUT2D eigenvalue weighted by molar-refractivity contribution is 0.687. The molecular formula is C30H26. The molecule has 0 unspecified atom stereocenters. The second-order valence-corrected chi connectivity index (χ2v) is 9.60. The van der Waals surface area contributed by atoms with Crippen LogP contribution in [0.4, 0.5) is 0 Å². The highest BCUT2D eigenvalue weighted by molar-refractivity contribution is 6.08. The zero-order chi connectivity index (χ0) is 19.7. The van der Waals surface area contributed by atoms with Gasteiger partial charge in [0, 0.05) is 0 Å². The van der Waals surface area contributed by atoms with Crippen molar-refractivity contribution >= 4 is 43.1 Å². The van der Waals surface area contributed by atoms with Crippen molar-refractivity contribution in [2.24, 2.45) is 0 Å². The van der Waals surface area contributed by atoms with Crippen molar-refractivity contribution in [2.45, 2.75) is 51.4 Å². The first kappa shape index (κ1) is 16.9. The first-order chi connectivity index (χ1) is 14.8. The zero-order valence-electron chi connectivity index (χ0n) is 17.4. The third kappa shape index (κ3) is 2.59. The van der Waals surface area contributed by atoms with E-state index in [9.17, 15) is 0 Å². The van der Waals surface area contributed by atoms with Gasteiger partial charge in [0.15, 0.2) is 0 Å². The number of hydrogen-bond acceptors (Lipinski definition) is 0. The van der Waals surface area contributed by atoms with Gasteiger partial charge in [-0.25, -0.2) is 0 Å². The summed E-state index contributed by atoms with van der Waals surface area (Å²) in [6, 6.07) is 24.3. The molecule has 0 atom stereocenters. The van der Waals surface area contributed by atoms with Crippen molar-refractivity contribution in [3.05, 3.63) is 82.9 Å². The average Bonchev–Trinajstić information content (AvgIpc) is 2.77. The van der Waals surface area contributed by atoms with Crippen LogP contribution < -0.4 is 0 Å². The van der Waals surface area contributed by atoms with Crippen molar-refractivity contribution in [1.82, 2.24) is 0 Å². The fourth-order valence-electron chi connectivity index (χ4n) is 5.99. The van der Waals surface area contributed by atoms with Gasteiger partial charge in [0.25, 0.3) is 0 Å². The largest absolute Gasteiger partial charge is 0.0509 e. The summed E-state index contributed by atoms with van der Waals surface area (Å²) in [6.07, 6.45) is 10.4. The number of benzene rings is 5. The van der Waals surface area contributed by atoms with Crippen LogP contribution in [0.15, 0.2) is 60.7 Å². The molecule has 7 rings (SSSR count). The monoisotopic (exact) mass is 386 g/mol. The molecule has 0 nitrogen and oxygen atoms in total. The summed E-state index contributed by atoms with van der Waals surface area (Å²) in [6.45, 7) is 0. The smallest absolute Gasteiger partial charge is 0.0171 e. The van der Waals surface area contributed by atoms with Crippen LogP contribution in [0.3, 0.4) is 0 Å². The molecule has 5 aromatic carbocycles. The van der Waals surface area contributed by atoms with Gasteiger partial charge in [-0.15, -0.1) is 0 Å². The lowest BCUT2D eigenvalue weighted by atomic mass is 9.87. The van der Waals surface area contributed by atoms with Crippen molar-refractivity contribution in [3.8, 4) is 0 Å². The normalized spacial score (nSPS) is 16.3. The van der Waals surface area contributed by atoms with Crippen molar-refractivity contribution in [3.63, 3.8) is 0 Å². The predicted octanol–water partition coefficient (Wildman–Crippen LogP) is 8.06. The molecule has 0 heterocycles. The van der Waals surface area contributed by atoms with Crippen LogP contribution in [0.1, 0.15) is 47.9 Å². The molecule has 2 aliphatic carbocycles. The van der Waals surface area contributed by atoms with Crippen LogP contribution in [0.2, 0.25) is 0 Å². The Labute approximate surface area is 177 Å². The van der Waals surface area contributed by atoms with Crippen molar-refractivity contribution in [2.75, 3.05) is 0 Å². The summed E-state index contributed by atoms with van der Waals surface area (Å²) in [5.41, 5.74) is 6.30. The SMILES string of the molecule is c1c2c(cc3cc4cc5cc6cc7c(cc6cc5cc4cc13)CCCC7)CCCC2. The van der Waals surface area contributed by atoms with Gasteiger partial charge < -0.3 is 0 Å². The molecule has 0 bridgehead atoms. The molecular weight excluding hydrogens is 360 g/mol. The second kappa shape index (κ2) is 6.32. The Morgan fingerprint density at radius 3 is 0.700 bits per heavy atom. The van der Waals surface area contributed by atoms with E-state index < -0.39 is 0 Å². The number of fused-ring (bicyclic) bond motifs is 6. The van der Waals surface area contributed by atoms with Crippen LogP contribution >= 0.6 is 0 Å². The van der Waals surface area contributed by atoms with Crippen LogP contribution in [-0.2, 0) is 25.7 Å². The minimum Gasteiger partial charge on any atom is -0.0509 e. The summed E-state index contributed by atoms with van der Waals surface area (Å²) in [5.74, 6) is 0. The fourth-order valence-corrected chi connectivity index (χ4v) is 5.99. The molecule has 0 radical (unpaired) electrons. The molecule has 0 amide bonds. The molecule has 2 aliphatic rings. The van der Waals surface area contributed by atoms with Gasteiger partial charge in [-0.1, -0.05) is 24.3 Å². The van der Waals surface area contributed by atoms with Gasteiger partial charge in [0.05, 0.1) is 0 Å². The van der Waals surface area contributed by atoms with Gasteiger partial charge in [-0.3, -0.25) is 0 Å². The first-order valence-corrected chi connectivity index (χ1v) is 11.7. The molecule has 5 aromatic rings. The standard InChI is InChI=1S/C30H26/c1-2-6-20-10-24-14-28-18-30-16-26-12-22-8-4-3-7-21(22)11-25(26)15-29(30)17-27(28)13-23(24)9-19(20)5-1/h9-18H,1-8H2. The van der Waals surface area contributed by atoms with Gasteiger partial charge in [0.2, 0.25) is 0 Å². The molecule has 0 fully saturated rings. The third-order valence-corrected chi connectivity index (χ3v) is 7.63. The van der Waals surface area contributed by atoms with Crippen LogP contribution in [0.5, 0.6) is 0 Å². The lowest BCUT2D eigenvalue weighted by Gasteiger charge is -2.17. The Kier molecular flexibility index (Phi) is 3.56. The second-order valence-electron chi connectivity index (χ2n) is 9.60. The average molecular weight is 387 g/mol. The van der Waals surface area contributed by atoms with E-state index in [-0.39, 0.29) is 0 Å². The fraction of sp³-hybridized carbons (Fsp3) is 0.267. The number of hydrogen-bond donors (Lipinski definition) is 0. The lowest BCUT2D eigenvalue weighted by Crippen LogP contribution is -2.02. The molecule has 0 spiro atoms. The van der Waals surface area contributed by atoms with E-state index in [1.54, 1.807) is 22.3 Å². The highest BCUT2D eigenvalue weighted by Gasteiger charge is 2.13. The third-order valence-electron chi connectivity index (χ3n) is 7.63. The van der Waals surface area contributed by atoms with E-state index in [0.717, 1.165) is 0 Å². The van der Waals surface area contributed by atoms with Gasteiger partial charge in [-0.2, -0.15) is 0 Å². The Balaban J connectivity index is 1.47. The molecule has 0 heteroatoms. The quantitative estimate of drug-likeness (QED) is 0.236. The van der Waals surface area contributed by atoms with Gasteiger partial charge >= 0.3 is 0 Å². The minimum absolute atomic E-state index is 1.25. The maximum Gasteiger partial charge on any atom is -0.0171 e. The first-order valence-electron chi connectivity index (χ1n) is 11.7. The number of aryl methyl sites for hydroxylation is 4. The minimum atomic E-state index is 1.25. The summed E-state index contributed by atoms with van der Waals surface area (Å²) >= 11 is 0. The van der Waals surface area contributed by atoms with Gasteiger partial charge in [0.1, 0.15) is 0 Å². The topological polar surface area (TPSA) is 0 Å². The van der Waals surface area contributed by atoms with E-state index in [0.29, 0.717) is 0 Å². The van der Waals surface area contributed by atoms with Crippen molar-refractivity contribution < 1.29 is 0 Å². The van der Waals surface area contributed by atoms with Gasteiger partial charge in [-0.05, 0) is 153 Å². The molecule has 30 heavy (non-hydrogen) atoms. The van der Waals surface area contributed by atoms with E-state index >= 15 is 0 Å². The summed E-state index contributed by atoms with van der Waals surface area (Å²) in [5, 5.41) is 11.1. The van der Waals surface area contributed by atoms with Crippen LogP contribution in [-0.4, -0.2) is 0 Å². The Hall–Kier alpha value is -2.86. The maximum atomic E-state index is 2.46. The Bertz CT molecular complexity index is 1260. The zero-order valence-corrected chi connectivity index (χ0v) is 17.4. The van der Waals surface area contributed by atoms with E-state index in [4.69, 9.17) is 0 Å². The summed E-state index contributed by atoms with van der Waals surface area (Å²) in [4.78, 5) is 0. The van der Waals surface area contributed by atoms with E-state index in [1.165, 1.54) is 94.5 Å². The van der Waals surface area contributed by atoms with Crippen LogP contribution in [0.25, 0.3) is 43.1 Å². The molecule has 0 aliphatic heterocycles. The Morgan fingerprint density at radius 1 is 0.267 bits per heavy atom. The predicted molar refractivity (Wildman–Crippen MR) is 130 cm³/mol. The number of rotatable bonds is 0. The van der Waals surface area contributed by atoms with Crippen LogP contribution in [0, 0.1) is 0 Å². The highest BCUT2D eigenvalue weighted by atomic mass is 14.2. The maximum absolute atomic E-state index is 2.46. The van der Waals surface area contributed by atoms with E-state index in [2.05, 4.69) is 60.7 Å². The highest BCUT2D eigenvalue weighted by Crippen LogP contribution is 2.34. The molecule has 146 valence electrons. The summed E-state index contributed by atoms with van der Waals surface area (Å²) in [7, 11) is 0. The molecule has 0 saturated carbocycles. The molecule has 0 aromatic heterocycles. The summed E-state index contributed by atoms with van der Waals surface area (Å²) < 4.78 is 0.